The van der Waals surface area contributed by atoms with E-state index >= 15 is 0 Å². The molecule has 0 aliphatic carbocycles. The van der Waals surface area contributed by atoms with Crippen molar-refractivity contribution < 1.29 is 0 Å². The van der Waals surface area contributed by atoms with Crippen LogP contribution in [0.2, 0.25) is 5.02 Å². The van der Waals surface area contributed by atoms with Crippen molar-refractivity contribution in [2.24, 2.45) is 4.99 Å². The van der Waals surface area contributed by atoms with Gasteiger partial charge in [0, 0.05) is 16.1 Å². The van der Waals surface area contributed by atoms with Crippen LogP contribution in [0.25, 0.3) is 0 Å². The molecule has 0 saturated carbocycles. The van der Waals surface area contributed by atoms with Gasteiger partial charge in [0.25, 0.3) is 0 Å². The zero-order chi connectivity index (χ0) is 14.5. The van der Waals surface area contributed by atoms with Crippen molar-refractivity contribution in [3.63, 3.8) is 0 Å². The van der Waals surface area contributed by atoms with Crippen LogP contribution in [-0.4, -0.2) is 5.71 Å². The Kier molecular flexibility index (Phi) is 4.13. The quantitative estimate of drug-likeness (QED) is 0.564. The van der Waals surface area contributed by atoms with Crippen LogP contribution in [0.3, 0.4) is 0 Å². The van der Waals surface area contributed by atoms with E-state index in [1.54, 1.807) is 0 Å². The maximum absolute atomic E-state index is 5.93. The monoisotopic (exact) mass is 291 g/mol. The fourth-order valence-corrected chi connectivity index (χ4v) is 2.26. The van der Waals surface area contributed by atoms with Gasteiger partial charge in [-0.25, -0.2) is 4.99 Å². The number of hydrogen-bond acceptors (Lipinski definition) is 1. The molecule has 0 fully saturated rings. The van der Waals surface area contributed by atoms with E-state index in [-0.39, 0.29) is 0 Å². The van der Waals surface area contributed by atoms with Gasteiger partial charge in [0.1, 0.15) is 0 Å². The molecule has 0 unspecified atom stereocenters. The van der Waals surface area contributed by atoms with E-state index in [0.717, 1.165) is 27.5 Å². The van der Waals surface area contributed by atoms with Gasteiger partial charge in [-0.15, -0.1) is 0 Å². The Labute approximate surface area is 129 Å². The zero-order valence-corrected chi connectivity index (χ0v) is 12.2. The van der Waals surface area contributed by atoms with Crippen molar-refractivity contribution in [3.05, 3.63) is 101 Å². The third-order valence-electron chi connectivity index (χ3n) is 3.16. The third kappa shape index (κ3) is 3.39. The Bertz CT molecular complexity index is 690. The highest BCUT2D eigenvalue weighted by atomic mass is 35.5. The molecular formula is C19H14ClN. The van der Waals surface area contributed by atoms with Crippen LogP contribution in [0.5, 0.6) is 0 Å². The lowest BCUT2D eigenvalue weighted by atomic mass is 10.0. The summed E-state index contributed by atoms with van der Waals surface area (Å²) in [4.78, 5) is 4.80. The average molecular weight is 292 g/mol. The highest BCUT2D eigenvalue weighted by molar-refractivity contribution is 6.30. The van der Waals surface area contributed by atoms with Gasteiger partial charge in [0.2, 0.25) is 0 Å². The molecule has 3 aromatic carbocycles. The van der Waals surface area contributed by atoms with Gasteiger partial charge in [-0.05, 0) is 24.3 Å². The Balaban J connectivity index is 2.10. The number of aliphatic imine (C=N–C) groups is 1. The summed E-state index contributed by atoms with van der Waals surface area (Å²) >= 11 is 5.93. The van der Waals surface area contributed by atoms with E-state index in [1.165, 1.54) is 0 Å². The van der Waals surface area contributed by atoms with Gasteiger partial charge in [0.15, 0.2) is 0 Å². The van der Waals surface area contributed by atoms with Gasteiger partial charge in [-0.2, -0.15) is 0 Å². The summed E-state index contributed by atoms with van der Waals surface area (Å²) < 4.78 is 0. The van der Waals surface area contributed by atoms with Crippen LogP contribution >= 0.6 is 11.6 Å². The topological polar surface area (TPSA) is 12.4 Å². The molecule has 3 rings (SSSR count). The van der Waals surface area contributed by atoms with Crippen LogP contribution in [0, 0.1) is 0 Å². The summed E-state index contributed by atoms with van der Waals surface area (Å²) in [6, 6.07) is 28.0. The minimum atomic E-state index is 0.718. The number of benzene rings is 3. The Hall–Kier alpha value is -2.38. The molecular weight excluding hydrogens is 278 g/mol. The summed E-state index contributed by atoms with van der Waals surface area (Å²) in [5.74, 6) is 0. The Morgan fingerprint density at radius 2 is 1.10 bits per heavy atom. The van der Waals surface area contributed by atoms with Gasteiger partial charge in [-0.1, -0.05) is 72.3 Å². The molecule has 0 aromatic heterocycles. The number of nitrogens with zero attached hydrogens (tertiary/aromatic N) is 1. The molecule has 0 atom stereocenters. The number of rotatable bonds is 3. The van der Waals surface area contributed by atoms with Crippen molar-refractivity contribution in [2.45, 2.75) is 0 Å². The first kappa shape index (κ1) is 13.6. The molecule has 102 valence electrons. The minimum absolute atomic E-state index is 0.718. The van der Waals surface area contributed by atoms with E-state index in [0.29, 0.717) is 0 Å². The Morgan fingerprint density at radius 1 is 0.619 bits per heavy atom. The van der Waals surface area contributed by atoms with Crippen LogP contribution in [0.4, 0.5) is 5.69 Å². The van der Waals surface area contributed by atoms with Crippen molar-refractivity contribution in [3.8, 4) is 0 Å². The molecule has 0 amide bonds. The molecule has 0 bridgehead atoms. The molecule has 0 saturated heterocycles. The summed E-state index contributed by atoms with van der Waals surface area (Å²) in [6.07, 6.45) is 0. The average Bonchev–Trinajstić information content (AvgIpc) is 2.56. The second-order valence-electron chi connectivity index (χ2n) is 4.67. The molecule has 1 nitrogen and oxygen atoms in total. The van der Waals surface area contributed by atoms with Crippen LogP contribution in [0.15, 0.2) is 89.9 Å². The van der Waals surface area contributed by atoms with Crippen molar-refractivity contribution >= 4 is 23.0 Å². The molecule has 0 radical (unpaired) electrons. The smallest absolute Gasteiger partial charge is 0.0781 e. The normalized spacial score (nSPS) is 10.1. The third-order valence-corrected chi connectivity index (χ3v) is 3.41. The van der Waals surface area contributed by atoms with Crippen LogP contribution < -0.4 is 0 Å². The molecule has 0 spiro atoms. The van der Waals surface area contributed by atoms with Gasteiger partial charge >= 0.3 is 0 Å². The highest BCUT2D eigenvalue weighted by Crippen LogP contribution is 2.20. The highest BCUT2D eigenvalue weighted by Gasteiger charge is 2.06. The van der Waals surface area contributed by atoms with Crippen molar-refractivity contribution in [1.82, 2.24) is 0 Å². The summed E-state index contributed by atoms with van der Waals surface area (Å²) in [7, 11) is 0. The number of hydrogen-bond donors (Lipinski definition) is 0. The van der Waals surface area contributed by atoms with Crippen molar-refractivity contribution in [1.29, 1.82) is 0 Å². The maximum atomic E-state index is 5.93. The summed E-state index contributed by atoms with van der Waals surface area (Å²) in [6.45, 7) is 0. The molecule has 0 heterocycles. The molecule has 0 aliphatic rings. The van der Waals surface area contributed by atoms with E-state index in [4.69, 9.17) is 16.6 Å². The van der Waals surface area contributed by atoms with Crippen LogP contribution in [-0.2, 0) is 0 Å². The van der Waals surface area contributed by atoms with Crippen LogP contribution in [0.1, 0.15) is 11.1 Å². The molecule has 3 aromatic rings. The first-order chi connectivity index (χ1) is 10.3. The predicted octanol–water partition coefficient (Wildman–Crippen LogP) is 5.51. The second kappa shape index (κ2) is 6.38. The largest absolute Gasteiger partial charge is 0.248 e. The summed E-state index contributed by atoms with van der Waals surface area (Å²) in [5, 5.41) is 0.718. The molecule has 21 heavy (non-hydrogen) atoms. The first-order valence-electron chi connectivity index (χ1n) is 6.78. The fraction of sp³-hybridized carbons (Fsp3) is 0. The molecule has 0 N–H and O–H groups in total. The lowest BCUT2D eigenvalue weighted by Gasteiger charge is -2.07. The van der Waals surface area contributed by atoms with E-state index in [2.05, 4.69) is 24.3 Å². The SMILES string of the molecule is Clc1ccc(N=C(c2ccccc2)c2ccccc2)cc1. The van der Waals surface area contributed by atoms with Gasteiger partial charge < -0.3 is 0 Å². The van der Waals surface area contributed by atoms with Gasteiger partial charge in [0.05, 0.1) is 11.4 Å². The standard InChI is InChI=1S/C19H14ClN/c20-17-11-13-18(14-12-17)21-19(15-7-3-1-4-8-15)16-9-5-2-6-10-16/h1-14H. The van der Waals surface area contributed by atoms with Crippen molar-refractivity contribution in [2.75, 3.05) is 0 Å². The first-order valence-corrected chi connectivity index (χ1v) is 7.16. The minimum Gasteiger partial charge on any atom is -0.248 e. The molecule has 0 aliphatic heterocycles. The summed E-state index contributed by atoms with van der Waals surface area (Å²) in [5.41, 5.74) is 4.04. The predicted molar refractivity (Wildman–Crippen MR) is 89.6 cm³/mol. The number of halogens is 1. The van der Waals surface area contributed by atoms with E-state index < -0.39 is 0 Å². The zero-order valence-electron chi connectivity index (χ0n) is 11.4. The Morgan fingerprint density at radius 3 is 1.57 bits per heavy atom. The van der Waals surface area contributed by atoms with Gasteiger partial charge in [-0.3, -0.25) is 0 Å². The van der Waals surface area contributed by atoms with E-state index in [1.807, 2.05) is 60.7 Å². The maximum Gasteiger partial charge on any atom is 0.0781 e. The molecule has 2 heteroatoms. The fourth-order valence-electron chi connectivity index (χ4n) is 2.13. The lowest BCUT2D eigenvalue weighted by Crippen LogP contribution is -2.02. The second-order valence-corrected chi connectivity index (χ2v) is 5.11. The lowest BCUT2D eigenvalue weighted by molar-refractivity contribution is 1.47. The van der Waals surface area contributed by atoms with E-state index in [9.17, 15) is 0 Å².